The van der Waals surface area contributed by atoms with Crippen LogP contribution in [-0.2, 0) is 9.59 Å². The number of hydrogen-bond acceptors (Lipinski definition) is 3. The summed E-state index contributed by atoms with van der Waals surface area (Å²) in [6.45, 7) is 3.98. The average Bonchev–Trinajstić information content (AvgIpc) is 2.41. The summed E-state index contributed by atoms with van der Waals surface area (Å²) in [6, 6.07) is 5.13. The fourth-order valence-electron chi connectivity index (χ4n) is 1.54. The third-order valence-corrected chi connectivity index (χ3v) is 3.13. The van der Waals surface area contributed by atoms with Crippen LogP contribution in [0.4, 0.5) is 5.69 Å². The molecule has 0 aliphatic heterocycles. The van der Waals surface area contributed by atoms with E-state index in [4.69, 9.17) is 11.6 Å². The van der Waals surface area contributed by atoms with Crippen LogP contribution >= 0.6 is 11.6 Å². The molecule has 20 heavy (non-hydrogen) atoms. The van der Waals surface area contributed by atoms with Gasteiger partial charge in [0.1, 0.15) is 0 Å². The molecule has 0 aromatic heterocycles. The molecule has 1 aromatic carbocycles. The molecule has 1 aromatic rings. The molecule has 1 unspecified atom stereocenters. The molecule has 5 nitrogen and oxygen atoms in total. The Kier molecular flexibility index (Phi) is 6.48. The summed E-state index contributed by atoms with van der Waals surface area (Å²) in [7, 11) is 0. The van der Waals surface area contributed by atoms with Gasteiger partial charge in [-0.25, -0.2) is 0 Å². The molecule has 1 rings (SSSR count). The van der Waals surface area contributed by atoms with Gasteiger partial charge in [-0.15, -0.1) is 0 Å². The van der Waals surface area contributed by atoms with Gasteiger partial charge in [-0.3, -0.25) is 9.59 Å². The maximum absolute atomic E-state index is 11.7. The third-order valence-electron chi connectivity index (χ3n) is 2.81. The van der Waals surface area contributed by atoms with Crippen LogP contribution in [0.25, 0.3) is 0 Å². The van der Waals surface area contributed by atoms with E-state index < -0.39 is 17.9 Å². The molecule has 0 bridgehead atoms. The van der Waals surface area contributed by atoms with Gasteiger partial charge in [0.25, 0.3) is 0 Å². The number of aryl methyl sites for hydroxylation is 1. The van der Waals surface area contributed by atoms with Crippen LogP contribution in [0.2, 0.25) is 5.02 Å². The van der Waals surface area contributed by atoms with E-state index in [1.807, 2.05) is 13.8 Å². The quantitative estimate of drug-likeness (QED) is 0.726. The number of aliphatic hydroxyl groups is 1. The van der Waals surface area contributed by atoms with Crippen molar-refractivity contribution < 1.29 is 14.7 Å². The fraction of sp³-hybridized carbons (Fsp3) is 0.429. The van der Waals surface area contributed by atoms with Gasteiger partial charge < -0.3 is 15.7 Å². The monoisotopic (exact) mass is 298 g/mol. The van der Waals surface area contributed by atoms with E-state index in [2.05, 4.69) is 10.6 Å². The third kappa shape index (κ3) is 5.19. The zero-order valence-electron chi connectivity index (χ0n) is 11.6. The summed E-state index contributed by atoms with van der Waals surface area (Å²) >= 11 is 5.96. The molecule has 110 valence electrons. The lowest BCUT2D eigenvalue weighted by atomic mass is 10.2. The number of rotatable bonds is 5. The Morgan fingerprint density at radius 3 is 2.65 bits per heavy atom. The van der Waals surface area contributed by atoms with E-state index in [9.17, 15) is 14.7 Å². The zero-order chi connectivity index (χ0) is 15.1. The van der Waals surface area contributed by atoms with E-state index in [1.165, 1.54) is 0 Å². The van der Waals surface area contributed by atoms with E-state index in [0.717, 1.165) is 5.56 Å². The first-order valence-electron chi connectivity index (χ1n) is 6.47. The second kappa shape index (κ2) is 7.87. The number of hydrogen-bond donors (Lipinski definition) is 3. The highest BCUT2D eigenvalue weighted by atomic mass is 35.5. The predicted molar refractivity (Wildman–Crippen MR) is 78.7 cm³/mol. The van der Waals surface area contributed by atoms with Crippen molar-refractivity contribution in [3.05, 3.63) is 28.8 Å². The summed E-state index contributed by atoms with van der Waals surface area (Å²) in [5.74, 6) is -1.52. The molecule has 3 N–H and O–H groups in total. The molecule has 0 spiro atoms. The molecule has 0 aliphatic carbocycles. The van der Waals surface area contributed by atoms with Gasteiger partial charge in [-0.2, -0.15) is 0 Å². The SMILES string of the molecule is CCC(O)CCNC(=O)C(=O)Nc1ccc(C)cc1Cl. The summed E-state index contributed by atoms with van der Waals surface area (Å²) < 4.78 is 0. The van der Waals surface area contributed by atoms with Gasteiger partial charge in [0.2, 0.25) is 0 Å². The minimum absolute atomic E-state index is 0.253. The van der Waals surface area contributed by atoms with Crippen molar-refractivity contribution in [2.45, 2.75) is 32.8 Å². The van der Waals surface area contributed by atoms with Crippen LogP contribution in [0.15, 0.2) is 18.2 Å². The first kappa shape index (κ1) is 16.5. The topological polar surface area (TPSA) is 78.4 Å². The summed E-state index contributed by atoms with van der Waals surface area (Å²) in [5.41, 5.74) is 1.36. The van der Waals surface area contributed by atoms with E-state index in [1.54, 1.807) is 18.2 Å². The zero-order valence-corrected chi connectivity index (χ0v) is 12.3. The molecule has 0 fully saturated rings. The lowest BCUT2D eigenvalue weighted by molar-refractivity contribution is -0.136. The van der Waals surface area contributed by atoms with Gasteiger partial charge >= 0.3 is 11.8 Å². The molecule has 1 atom stereocenters. The molecular weight excluding hydrogens is 280 g/mol. The predicted octanol–water partition coefficient (Wildman–Crippen LogP) is 1.86. The molecule has 0 aliphatic rings. The Bertz CT molecular complexity index is 491. The molecule has 0 radical (unpaired) electrons. The highest BCUT2D eigenvalue weighted by Gasteiger charge is 2.15. The first-order valence-corrected chi connectivity index (χ1v) is 6.85. The van der Waals surface area contributed by atoms with Crippen LogP contribution in [0, 0.1) is 6.92 Å². The highest BCUT2D eigenvalue weighted by molar-refractivity contribution is 6.41. The number of anilines is 1. The number of nitrogens with one attached hydrogen (secondary N) is 2. The second-order valence-electron chi connectivity index (χ2n) is 4.54. The van der Waals surface area contributed by atoms with Crippen molar-refractivity contribution >= 4 is 29.1 Å². The lowest BCUT2D eigenvalue weighted by Gasteiger charge is -2.10. The molecule has 0 heterocycles. The average molecular weight is 299 g/mol. The van der Waals surface area contributed by atoms with Crippen LogP contribution in [-0.4, -0.2) is 29.6 Å². The van der Waals surface area contributed by atoms with E-state index in [0.29, 0.717) is 23.6 Å². The molecule has 2 amide bonds. The molecule has 0 saturated heterocycles. The van der Waals surface area contributed by atoms with Crippen LogP contribution < -0.4 is 10.6 Å². The Morgan fingerprint density at radius 2 is 2.05 bits per heavy atom. The van der Waals surface area contributed by atoms with Gasteiger partial charge in [0, 0.05) is 6.54 Å². The van der Waals surface area contributed by atoms with Crippen molar-refractivity contribution in [3.63, 3.8) is 0 Å². The summed E-state index contributed by atoms with van der Waals surface area (Å²) in [4.78, 5) is 23.2. The number of carbonyl (C=O) groups excluding carboxylic acids is 2. The normalized spacial score (nSPS) is 11.8. The Labute approximate surface area is 123 Å². The largest absolute Gasteiger partial charge is 0.393 e. The maximum Gasteiger partial charge on any atom is 0.313 e. The van der Waals surface area contributed by atoms with Gasteiger partial charge in [0.05, 0.1) is 16.8 Å². The minimum atomic E-state index is -0.776. The number of halogens is 1. The van der Waals surface area contributed by atoms with E-state index in [-0.39, 0.29) is 6.54 Å². The van der Waals surface area contributed by atoms with Crippen LogP contribution in [0.1, 0.15) is 25.3 Å². The van der Waals surface area contributed by atoms with Crippen molar-refractivity contribution in [2.75, 3.05) is 11.9 Å². The highest BCUT2D eigenvalue weighted by Crippen LogP contribution is 2.22. The van der Waals surface area contributed by atoms with Gasteiger partial charge in [-0.1, -0.05) is 24.6 Å². The molecular formula is C14H19ClN2O3. The minimum Gasteiger partial charge on any atom is -0.393 e. The first-order chi connectivity index (χ1) is 9.43. The Morgan fingerprint density at radius 1 is 1.35 bits per heavy atom. The van der Waals surface area contributed by atoms with Crippen LogP contribution in [0.3, 0.4) is 0 Å². The molecule has 6 heteroatoms. The van der Waals surface area contributed by atoms with E-state index >= 15 is 0 Å². The standard InChI is InChI=1S/C14H19ClN2O3/c1-3-10(18)6-7-16-13(19)14(20)17-12-5-4-9(2)8-11(12)15/h4-5,8,10,18H,3,6-7H2,1-2H3,(H,16,19)(H,17,20). The Balaban J connectivity index is 2.47. The smallest absolute Gasteiger partial charge is 0.313 e. The Hall–Kier alpha value is -1.59. The van der Waals surface area contributed by atoms with Crippen LogP contribution in [0.5, 0.6) is 0 Å². The van der Waals surface area contributed by atoms with Crippen molar-refractivity contribution in [2.24, 2.45) is 0 Å². The summed E-state index contributed by atoms with van der Waals surface area (Å²) in [6.07, 6.45) is 0.562. The summed E-state index contributed by atoms with van der Waals surface area (Å²) in [5, 5.41) is 14.6. The second-order valence-corrected chi connectivity index (χ2v) is 4.95. The fourth-order valence-corrected chi connectivity index (χ4v) is 1.82. The van der Waals surface area contributed by atoms with Gasteiger partial charge in [-0.05, 0) is 37.5 Å². The van der Waals surface area contributed by atoms with Gasteiger partial charge in [0.15, 0.2) is 0 Å². The van der Waals surface area contributed by atoms with Crippen molar-refractivity contribution in [1.29, 1.82) is 0 Å². The lowest BCUT2D eigenvalue weighted by Crippen LogP contribution is -2.36. The van der Waals surface area contributed by atoms with Crippen molar-refractivity contribution in [3.8, 4) is 0 Å². The van der Waals surface area contributed by atoms with Crippen molar-refractivity contribution in [1.82, 2.24) is 5.32 Å². The number of amides is 2. The number of carbonyl (C=O) groups is 2. The molecule has 0 saturated carbocycles. The maximum atomic E-state index is 11.7. The number of benzene rings is 1. The number of aliphatic hydroxyl groups excluding tert-OH is 1.